The zero-order valence-corrected chi connectivity index (χ0v) is 11.7. The topological polar surface area (TPSA) is 87.8 Å². The van der Waals surface area contributed by atoms with Crippen LogP contribution in [-0.2, 0) is 20.1 Å². The van der Waals surface area contributed by atoms with Crippen LogP contribution < -0.4 is 17.0 Å². The highest BCUT2D eigenvalue weighted by Crippen LogP contribution is 2.15. The Morgan fingerprint density at radius 3 is 2.26 bits per heavy atom. The largest absolute Gasteiger partial charge is 0.332 e. The van der Waals surface area contributed by atoms with Gasteiger partial charge in [-0.1, -0.05) is 0 Å². The van der Waals surface area contributed by atoms with Crippen molar-refractivity contribution in [2.75, 3.05) is 0 Å². The van der Waals surface area contributed by atoms with Gasteiger partial charge in [-0.2, -0.15) is 0 Å². The van der Waals surface area contributed by atoms with Crippen LogP contribution in [0, 0.1) is 0 Å². The van der Waals surface area contributed by atoms with Crippen molar-refractivity contribution in [2.45, 2.75) is 39.9 Å². The summed E-state index contributed by atoms with van der Waals surface area (Å²) in [6.07, 6.45) is 0. The second-order valence-corrected chi connectivity index (χ2v) is 4.57. The zero-order valence-electron chi connectivity index (χ0n) is 11.7. The minimum absolute atomic E-state index is 0.295. The summed E-state index contributed by atoms with van der Waals surface area (Å²) in [7, 11) is 1.62. The Labute approximate surface area is 110 Å². The van der Waals surface area contributed by atoms with Gasteiger partial charge >= 0.3 is 5.69 Å². The Morgan fingerprint density at radius 1 is 1.21 bits per heavy atom. The van der Waals surface area contributed by atoms with E-state index < -0.39 is 0 Å². The number of nitrogens with zero attached hydrogens (tertiary/aromatic N) is 4. The van der Waals surface area contributed by atoms with Crippen LogP contribution >= 0.6 is 0 Å². The monoisotopic (exact) mass is 265 g/mol. The van der Waals surface area contributed by atoms with Crippen LogP contribution in [0.5, 0.6) is 0 Å². The molecule has 0 aromatic carbocycles. The Bertz CT molecular complexity index is 735. The van der Waals surface area contributed by atoms with Crippen LogP contribution in [-0.4, -0.2) is 18.7 Å². The van der Waals surface area contributed by atoms with E-state index in [9.17, 15) is 9.59 Å². The van der Waals surface area contributed by atoms with E-state index in [1.165, 1.54) is 9.13 Å². The van der Waals surface area contributed by atoms with Gasteiger partial charge in [0.15, 0.2) is 11.2 Å². The van der Waals surface area contributed by atoms with E-state index in [2.05, 4.69) is 4.98 Å². The highest BCUT2D eigenvalue weighted by molar-refractivity contribution is 5.71. The van der Waals surface area contributed by atoms with Crippen LogP contribution in [0.2, 0.25) is 0 Å². The maximum Gasteiger partial charge on any atom is 0.332 e. The summed E-state index contributed by atoms with van der Waals surface area (Å²) >= 11 is 0. The van der Waals surface area contributed by atoms with Crippen molar-refractivity contribution < 1.29 is 0 Å². The van der Waals surface area contributed by atoms with E-state index in [0.29, 0.717) is 30.1 Å². The third kappa shape index (κ3) is 1.81. The van der Waals surface area contributed by atoms with Gasteiger partial charge in [-0.05, 0) is 20.8 Å². The molecule has 0 amide bonds. The van der Waals surface area contributed by atoms with Gasteiger partial charge in [0.25, 0.3) is 5.56 Å². The van der Waals surface area contributed by atoms with Crippen LogP contribution in [0.1, 0.15) is 32.6 Å². The predicted octanol–water partition coefficient (Wildman–Crippen LogP) is -0.0438. The number of nitrogens with two attached hydrogens (primary N) is 1. The fourth-order valence-electron chi connectivity index (χ4n) is 2.33. The Morgan fingerprint density at radius 2 is 1.79 bits per heavy atom. The summed E-state index contributed by atoms with van der Waals surface area (Å²) in [6.45, 7) is 6.43. The number of fused-ring (bicyclic) bond motifs is 1. The van der Waals surface area contributed by atoms with Gasteiger partial charge < -0.3 is 10.3 Å². The lowest BCUT2D eigenvalue weighted by atomic mass is 10.3. The molecule has 0 saturated carbocycles. The van der Waals surface area contributed by atoms with Gasteiger partial charge in [0, 0.05) is 20.1 Å². The van der Waals surface area contributed by atoms with Crippen LogP contribution in [0.25, 0.3) is 11.2 Å². The first-order valence-corrected chi connectivity index (χ1v) is 6.39. The lowest BCUT2D eigenvalue weighted by Gasteiger charge is -2.09. The fourth-order valence-corrected chi connectivity index (χ4v) is 2.33. The van der Waals surface area contributed by atoms with Gasteiger partial charge in [-0.15, -0.1) is 0 Å². The minimum atomic E-state index is -0.350. The van der Waals surface area contributed by atoms with Crippen LogP contribution in [0.4, 0.5) is 0 Å². The molecule has 19 heavy (non-hydrogen) atoms. The molecule has 0 aliphatic rings. The average Bonchev–Trinajstić information content (AvgIpc) is 2.76. The second-order valence-electron chi connectivity index (χ2n) is 4.57. The SMILES string of the molecule is CCn1c(=O)c2c(nc(C(C)N)n2CC)n(C)c1=O. The molecule has 1 atom stereocenters. The first-order chi connectivity index (χ1) is 8.93. The maximum absolute atomic E-state index is 12.4. The summed E-state index contributed by atoms with van der Waals surface area (Å²) in [6, 6.07) is -0.295. The summed E-state index contributed by atoms with van der Waals surface area (Å²) in [5.41, 5.74) is 6.07. The smallest absolute Gasteiger partial charge is 0.322 e. The lowest BCUT2D eigenvalue weighted by molar-refractivity contribution is 0.627. The molecule has 2 rings (SSSR count). The van der Waals surface area contributed by atoms with E-state index >= 15 is 0 Å². The van der Waals surface area contributed by atoms with Crippen molar-refractivity contribution in [3.63, 3.8) is 0 Å². The quantitative estimate of drug-likeness (QED) is 0.843. The number of hydrogen-bond acceptors (Lipinski definition) is 4. The van der Waals surface area contributed by atoms with Crippen molar-refractivity contribution >= 4 is 11.2 Å². The van der Waals surface area contributed by atoms with E-state index in [0.717, 1.165) is 0 Å². The summed E-state index contributed by atoms with van der Waals surface area (Å²) < 4.78 is 4.40. The van der Waals surface area contributed by atoms with E-state index in [1.807, 2.05) is 13.8 Å². The second kappa shape index (κ2) is 4.65. The molecule has 7 heteroatoms. The molecule has 2 N–H and O–H groups in total. The van der Waals surface area contributed by atoms with Crippen molar-refractivity contribution in [1.29, 1.82) is 0 Å². The Hall–Kier alpha value is -1.89. The first kappa shape index (κ1) is 13.5. The molecule has 2 aromatic rings. The Kier molecular flexibility index (Phi) is 3.32. The van der Waals surface area contributed by atoms with Gasteiger partial charge in [0.1, 0.15) is 5.82 Å². The molecule has 0 fully saturated rings. The van der Waals surface area contributed by atoms with Gasteiger partial charge in [-0.25, -0.2) is 9.78 Å². The molecule has 104 valence electrons. The number of imidazole rings is 1. The first-order valence-electron chi connectivity index (χ1n) is 6.39. The standard InChI is InChI=1S/C12H19N5O2/c1-5-16-8-10(14-9(16)7(3)13)15(4)12(19)17(6-2)11(8)18/h7H,5-6,13H2,1-4H3. The average molecular weight is 265 g/mol. The Balaban J connectivity index is 3.06. The molecule has 0 spiro atoms. The van der Waals surface area contributed by atoms with Crippen molar-refractivity contribution in [3.8, 4) is 0 Å². The van der Waals surface area contributed by atoms with E-state index in [-0.39, 0.29) is 17.3 Å². The molecule has 0 aliphatic heterocycles. The third-order valence-electron chi connectivity index (χ3n) is 3.30. The number of aryl methyl sites for hydroxylation is 2. The maximum atomic E-state index is 12.4. The minimum Gasteiger partial charge on any atom is -0.322 e. The summed E-state index contributed by atoms with van der Waals surface area (Å²) in [5, 5.41) is 0. The number of hydrogen-bond donors (Lipinski definition) is 1. The number of rotatable bonds is 3. The molecule has 1 unspecified atom stereocenters. The predicted molar refractivity (Wildman–Crippen MR) is 73.2 cm³/mol. The highest BCUT2D eigenvalue weighted by atomic mass is 16.2. The van der Waals surface area contributed by atoms with Gasteiger partial charge in [-0.3, -0.25) is 13.9 Å². The van der Waals surface area contributed by atoms with Crippen LogP contribution in [0.15, 0.2) is 9.59 Å². The third-order valence-corrected chi connectivity index (χ3v) is 3.30. The van der Waals surface area contributed by atoms with E-state index in [4.69, 9.17) is 5.73 Å². The van der Waals surface area contributed by atoms with Crippen LogP contribution in [0.3, 0.4) is 0 Å². The summed E-state index contributed by atoms with van der Waals surface area (Å²) in [5.74, 6) is 0.624. The molecule has 0 aliphatic carbocycles. The molecule has 2 aromatic heterocycles. The molecule has 0 bridgehead atoms. The summed E-state index contributed by atoms with van der Waals surface area (Å²) in [4.78, 5) is 28.8. The lowest BCUT2D eigenvalue weighted by Crippen LogP contribution is -2.39. The van der Waals surface area contributed by atoms with Gasteiger partial charge in [0.2, 0.25) is 0 Å². The van der Waals surface area contributed by atoms with Crippen molar-refractivity contribution in [1.82, 2.24) is 18.7 Å². The van der Waals surface area contributed by atoms with E-state index in [1.54, 1.807) is 18.5 Å². The molecule has 7 nitrogen and oxygen atoms in total. The van der Waals surface area contributed by atoms with Gasteiger partial charge in [0.05, 0.1) is 6.04 Å². The zero-order chi connectivity index (χ0) is 14.3. The molecular formula is C12H19N5O2. The molecule has 2 heterocycles. The van der Waals surface area contributed by atoms with Crippen molar-refractivity contribution in [2.24, 2.45) is 12.8 Å². The van der Waals surface area contributed by atoms with Crippen molar-refractivity contribution in [3.05, 3.63) is 26.7 Å². The fraction of sp³-hybridized carbons (Fsp3) is 0.583. The normalized spacial score (nSPS) is 13.1. The molecular weight excluding hydrogens is 246 g/mol. The number of aromatic nitrogens is 4. The molecule has 0 saturated heterocycles. The molecule has 0 radical (unpaired) electrons. The highest BCUT2D eigenvalue weighted by Gasteiger charge is 2.20.